The molecule has 0 aliphatic carbocycles. The van der Waals surface area contributed by atoms with Gasteiger partial charge < -0.3 is 71.7 Å². The topological polar surface area (TPSA) is 346 Å². The summed E-state index contributed by atoms with van der Waals surface area (Å²) in [6, 6.07) is -12.4. The summed E-state index contributed by atoms with van der Waals surface area (Å²) in [5.74, 6) is -7.50. The second-order valence-electron chi connectivity index (χ2n) is 22.5. The summed E-state index contributed by atoms with van der Waals surface area (Å²) in [6.45, 7) is 11.0. The molecule has 442 valence electrons. The number of carboxylic acids is 1. The number of likely N-dealkylation sites (tertiary alicyclic amines) is 6. The van der Waals surface area contributed by atoms with Gasteiger partial charge in [0, 0.05) is 39.3 Å². The molecule has 7 aliphatic heterocycles. The van der Waals surface area contributed by atoms with Crippen LogP contribution in [-0.2, 0) is 62.3 Å². The fourth-order valence-electron chi connectivity index (χ4n) is 12.2. The summed E-state index contributed by atoms with van der Waals surface area (Å²) in [5, 5.41) is 28.0. The van der Waals surface area contributed by atoms with Gasteiger partial charge in [-0.05, 0) is 138 Å². The maximum atomic E-state index is 14.2. The molecule has 80 heavy (non-hydrogen) atoms. The first-order chi connectivity index (χ1) is 38.0. The fourth-order valence-corrected chi connectivity index (χ4v) is 12.2. The molecule has 13 atom stereocenters. The Balaban J connectivity index is 0.815. The van der Waals surface area contributed by atoms with Gasteiger partial charge in [-0.2, -0.15) is 0 Å². The summed E-state index contributed by atoms with van der Waals surface area (Å²) in [6.07, 6.45) is 7.24. The van der Waals surface area contributed by atoms with E-state index < -0.39 is 132 Å². The number of aliphatic carboxylic acids is 1. The molecular formula is C53H81N13O14. The Kier molecular flexibility index (Phi) is 20.2. The van der Waals surface area contributed by atoms with Gasteiger partial charge in [-0.3, -0.25) is 57.5 Å². The van der Waals surface area contributed by atoms with Crippen molar-refractivity contribution in [2.24, 2.45) is 0 Å². The molecule has 0 spiro atoms. The van der Waals surface area contributed by atoms with Gasteiger partial charge in [0.15, 0.2) is 0 Å². The molecule has 0 unspecified atom stereocenters. The molecule has 7 fully saturated rings. The number of hydrogen-bond donors (Lipinski definition) is 8. The molecule has 27 nitrogen and oxygen atoms in total. The number of rotatable bonds is 19. The maximum absolute atomic E-state index is 14.2. The van der Waals surface area contributed by atoms with Crippen LogP contribution in [0, 0.1) is 0 Å². The van der Waals surface area contributed by atoms with Crippen molar-refractivity contribution in [1.29, 1.82) is 0 Å². The van der Waals surface area contributed by atoms with Crippen LogP contribution in [0.5, 0.6) is 0 Å². The van der Waals surface area contributed by atoms with E-state index in [-0.39, 0.29) is 36.9 Å². The Bertz CT molecular complexity index is 2440. The molecule has 0 aromatic rings. The van der Waals surface area contributed by atoms with E-state index in [9.17, 15) is 67.4 Å². The van der Waals surface area contributed by atoms with Gasteiger partial charge in [-0.1, -0.05) is 0 Å². The van der Waals surface area contributed by atoms with Gasteiger partial charge in [0.05, 0.1) is 6.04 Å². The molecule has 7 heterocycles. The molecule has 7 aliphatic rings. The lowest BCUT2D eigenvalue weighted by Gasteiger charge is -2.35. The van der Waals surface area contributed by atoms with Gasteiger partial charge in [0.2, 0.25) is 70.9 Å². The zero-order valence-electron chi connectivity index (χ0n) is 46.8. The van der Waals surface area contributed by atoms with Crippen molar-refractivity contribution in [2.45, 2.75) is 210 Å². The largest absolute Gasteiger partial charge is 0.480 e. The van der Waals surface area contributed by atoms with E-state index in [1.165, 1.54) is 66.0 Å². The Morgan fingerprint density at radius 1 is 0.350 bits per heavy atom. The van der Waals surface area contributed by atoms with E-state index in [2.05, 4.69) is 37.2 Å². The van der Waals surface area contributed by atoms with Crippen LogP contribution < -0.4 is 37.2 Å². The smallest absolute Gasteiger partial charge is 0.326 e. The summed E-state index contributed by atoms with van der Waals surface area (Å²) in [7, 11) is 0. The van der Waals surface area contributed by atoms with E-state index in [0.29, 0.717) is 110 Å². The molecule has 0 saturated carbocycles. The van der Waals surface area contributed by atoms with Crippen LogP contribution in [0.15, 0.2) is 0 Å². The first-order valence-corrected chi connectivity index (χ1v) is 28.6. The average molecular weight is 1120 g/mol. The van der Waals surface area contributed by atoms with Crippen molar-refractivity contribution in [3.05, 3.63) is 0 Å². The Morgan fingerprint density at radius 3 is 1.00 bits per heavy atom. The third kappa shape index (κ3) is 13.6. The lowest BCUT2D eigenvalue weighted by Crippen LogP contribution is -2.59. The molecular weight excluding hydrogens is 1040 g/mol. The van der Waals surface area contributed by atoms with Crippen LogP contribution >= 0.6 is 0 Å². The first-order valence-electron chi connectivity index (χ1n) is 28.6. The van der Waals surface area contributed by atoms with E-state index in [4.69, 9.17) is 0 Å². The van der Waals surface area contributed by atoms with Gasteiger partial charge in [0.25, 0.3) is 0 Å². The molecule has 12 amide bonds. The Labute approximate surface area is 465 Å². The quantitative estimate of drug-likeness (QED) is 0.0632. The molecule has 7 saturated heterocycles. The van der Waals surface area contributed by atoms with Crippen molar-refractivity contribution in [3.8, 4) is 0 Å². The van der Waals surface area contributed by atoms with E-state index >= 15 is 0 Å². The summed E-state index contributed by atoms with van der Waals surface area (Å²) >= 11 is 0. The zero-order chi connectivity index (χ0) is 58.3. The third-order valence-corrected chi connectivity index (χ3v) is 16.8. The minimum Gasteiger partial charge on any atom is -0.480 e. The van der Waals surface area contributed by atoms with Crippen LogP contribution in [0.1, 0.15) is 131 Å². The highest BCUT2D eigenvalue weighted by molar-refractivity contribution is 6.00. The molecule has 27 heteroatoms. The number of carboxylic acid groups (broad SMARTS) is 1. The average Bonchev–Trinajstić information content (AvgIpc) is 4.29. The van der Waals surface area contributed by atoms with Crippen LogP contribution in [0.4, 0.5) is 0 Å². The predicted octanol–water partition coefficient (Wildman–Crippen LogP) is -3.20. The molecule has 0 aromatic carbocycles. The summed E-state index contributed by atoms with van der Waals surface area (Å²) in [4.78, 5) is 183. The highest BCUT2D eigenvalue weighted by Gasteiger charge is 2.49. The van der Waals surface area contributed by atoms with Crippen molar-refractivity contribution >= 4 is 76.9 Å². The zero-order valence-corrected chi connectivity index (χ0v) is 46.8. The normalized spacial score (nSPS) is 26.9. The van der Waals surface area contributed by atoms with Crippen LogP contribution in [0.25, 0.3) is 0 Å². The predicted molar refractivity (Wildman–Crippen MR) is 283 cm³/mol. The number of carbonyl (C=O) groups is 13. The molecule has 0 aromatic heterocycles. The van der Waals surface area contributed by atoms with Crippen molar-refractivity contribution in [2.75, 3.05) is 45.8 Å². The minimum atomic E-state index is -1.21. The monoisotopic (exact) mass is 1120 g/mol. The third-order valence-electron chi connectivity index (χ3n) is 16.8. The van der Waals surface area contributed by atoms with E-state index in [1.807, 2.05) is 0 Å². The van der Waals surface area contributed by atoms with Gasteiger partial charge in [-0.25, -0.2) is 4.79 Å². The molecule has 7 rings (SSSR count). The SMILES string of the molecule is C[C@H](NC(=O)[C@H](C)NC(=O)[C@H](C)NC(=O)[C@@H]1CCCN1C(=O)[C@@H]1CCCN1C(=O)[C@@H]1CCCN1)C(=O)N[C@@H](C)C(=O)N[C@@H](C)C(=O)N[C@@H](C)C(=O)N1CCC[C@H]1C(=O)N1CCC[C@H]1C(=O)N1CCC[C@H]1C(=O)N1CCC[C@H]1C(=O)O. The van der Waals surface area contributed by atoms with Gasteiger partial charge >= 0.3 is 5.97 Å². The van der Waals surface area contributed by atoms with Crippen LogP contribution in [0.3, 0.4) is 0 Å². The second kappa shape index (κ2) is 26.6. The summed E-state index contributed by atoms with van der Waals surface area (Å²) < 4.78 is 0. The van der Waals surface area contributed by atoms with Crippen LogP contribution in [-0.4, -0.2) is 236 Å². The highest BCUT2D eigenvalue weighted by atomic mass is 16.4. The lowest BCUT2D eigenvalue weighted by molar-refractivity contribution is -0.154. The van der Waals surface area contributed by atoms with Crippen molar-refractivity contribution < 1.29 is 67.4 Å². The number of nitrogens with zero attached hydrogens (tertiary/aromatic N) is 6. The molecule has 8 N–H and O–H groups in total. The lowest BCUT2D eigenvalue weighted by atomic mass is 10.1. The van der Waals surface area contributed by atoms with E-state index in [1.54, 1.807) is 4.90 Å². The number of hydrogen-bond acceptors (Lipinski definition) is 14. The van der Waals surface area contributed by atoms with Crippen LogP contribution in [0.2, 0.25) is 0 Å². The fraction of sp³-hybridized carbons (Fsp3) is 0.755. The second-order valence-corrected chi connectivity index (χ2v) is 22.5. The number of amides is 12. The minimum absolute atomic E-state index is 0.104. The Hall–Kier alpha value is -6.93. The first kappa shape index (κ1) is 60.7. The van der Waals surface area contributed by atoms with Crippen molar-refractivity contribution in [1.82, 2.24) is 66.6 Å². The van der Waals surface area contributed by atoms with Gasteiger partial charge in [0.1, 0.15) is 72.5 Å². The number of nitrogens with one attached hydrogen (secondary N) is 7. The Morgan fingerprint density at radius 2 is 0.637 bits per heavy atom. The maximum Gasteiger partial charge on any atom is 0.326 e. The van der Waals surface area contributed by atoms with Gasteiger partial charge in [-0.15, -0.1) is 0 Å². The summed E-state index contributed by atoms with van der Waals surface area (Å²) in [5.41, 5.74) is 0. The highest BCUT2D eigenvalue weighted by Crippen LogP contribution is 2.31. The van der Waals surface area contributed by atoms with Crippen molar-refractivity contribution in [3.63, 3.8) is 0 Å². The van der Waals surface area contributed by atoms with E-state index in [0.717, 1.165) is 13.0 Å². The molecule has 0 bridgehead atoms. The molecule has 0 radical (unpaired) electrons. The standard InChI is InChI=1S/C53H81N13O14/c1-28(55-42(68)30(3)57-44(70)32(5)59-46(72)35-15-8-22-61(35)49(75)37-17-10-24-63(37)48(74)34-14-7-21-54-34)41(67)56-29(2)43(69)58-31(4)45(71)60-33(6)47(73)62-23-9-16-36(62)50(76)64-25-11-18-38(64)51(77)65-26-12-19-39(65)52(78)66-27-13-20-40(66)53(79)80/h28-40,54H,7-27H2,1-6H3,(H,55,68)(H,56,67)(H,57,70)(H,58,69)(H,59,72)(H,60,71)(H,79,80)/t28-,29-,30-,31-,32-,33-,34-,35-,36-,37-,38-,39-,40-/m0/s1. The number of carbonyl (C=O) groups excluding carboxylic acids is 12.